The first-order chi connectivity index (χ1) is 9.47. The van der Waals surface area contributed by atoms with Crippen LogP contribution in [-0.2, 0) is 9.09 Å². The van der Waals surface area contributed by atoms with Crippen LogP contribution in [0.3, 0.4) is 0 Å². The molecule has 0 aromatic carbocycles. The highest BCUT2D eigenvalue weighted by Crippen LogP contribution is 2.35. The summed E-state index contributed by atoms with van der Waals surface area (Å²) >= 11 is 0. The van der Waals surface area contributed by atoms with Crippen molar-refractivity contribution in [2.24, 2.45) is 0 Å². The van der Waals surface area contributed by atoms with E-state index in [1.807, 2.05) is 0 Å². The highest BCUT2D eigenvalue weighted by Gasteiger charge is 2.12. The van der Waals surface area contributed by atoms with Gasteiger partial charge in [0.1, 0.15) is 0 Å². The van der Waals surface area contributed by atoms with Crippen molar-refractivity contribution in [3.8, 4) is 0 Å². The van der Waals surface area contributed by atoms with Crippen LogP contribution in [0.5, 0.6) is 0 Å². The first-order valence-corrected chi connectivity index (χ1v) is 8.63. The first-order valence-electron chi connectivity index (χ1n) is 7.10. The van der Waals surface area contributed by atoms with Crippen molar-refractivity contribution in [2.45, 2.75) is 45.4 Å². The van der Waals surface area contributed by atoms with Crippen molar-refractivity contribution in [2.75, 3.05) is 32.9 Å². The van der Waals surface area contributed by atoms with Gasteiger partial charge in [0, 0.05) is 13.1 Å². The van der Waals surface area contributed by atoms with Crippen molar-refractivity contribution in [1.82, 2.24) is 5.32 Å². The minimum absolute atomic E-state index is 0.139. The molecule has 8 heteroatoms. The summed E-state index contributed by atoms with van der Waals surface area (Å²) in [4.78, 5) is 16.7. The van der Waals surface area contributed by atoms with E-state index in [9.17, 15) is 4.57 Å². The lowest BCUT2D eigenvalue weighted by molar-refractivity contribution is 0.193. The predicted molar refractivity (Wildman–Crippen MR) is 78.4 cm³/mol. The maximum atomic E-state index is 10.2. The fraction of sp³-hybridized carbons (Fsp3) is 1.00. The van der Waals surface area contributed by atoms with Gasteiger partial charge >= 0.3 is 7.82 Å². The van der Waals surface area contributed by atoms with Crippen LogP contribution < -0.4 is 5.32 Å². The zero-order valence-corrected chi connectivity index (χ0v) is 13.2. The fourth-order valence-corrected chi connectivity index (χ4v) is 1.72. The van der Waals surface area contributed by atoms with Crippen molar-refractivity contribution < 1.29 is 29.1 Å². The predicted octanol–water partition coefficient (Wildman–Crippen LogP) is 1.02. The lowest BCUT2D eigenvalue weighted by atomic mass is 10.1. The van der Waals surface area contributed by atoms with Gasteiger partial charge in [0.15, 0.2) is 0 Å². The van der Waals surface area contributed by atoms with Gasteiger partial charge in [-0.25, -0.2) is 4.57 Å². The van der Waals surface area contributed by atoms with Crippen LogP contribution in [0.15, 0.2) is 0 Å². The molecule has 0 aliphatic heterocycles. The van der Waals surface area contributed by atoms with Crippen LogP contribution in [0.25, 0.3) is 0 Å². The molecule has 0 aromatic heterocycles. The number of hydrogen-bond acceptors (Lipinski definition) is 5. The molecule has 20 heavy (non-hydrogen) atoms. The smallest absolute Gasteiger partial charge is 0.395 e. The van der Waals surface area contributed by atoms with E-state index in [-0.39, 0.29) is 19.8 Å². The number of aliphatic hydroxyl groups is 2. The minimum atomic E-state index is -4.23. The van der Waals surface area contributed by atoms with Crippen molar-refractivity contribution in [3.05, 3.63) is 0 Å². The molecule has 0 aromatic rings. The van der Waals surface area contributed by atoms with Gasteiger partial charge in [0.2, 0.25) is 0 Å². The highest BCUT2D eigenvalue weighted by molar-refractivity contribution is 7.46. The van der Waals surface area contributed by atoms with Crippen LogP contribution in [0.1, 0.15) is 45.4 Å². The lowest BCUT2D eigenvalue weighted by Crippen LogP contribution is -2.21. The minimum Gasteiger partial charge on any atom is -0.395 e. The molecule has 0 aliphatic carbocycles. The summed E-state index contributed by atoms with van der Waals surface area (Å²) in [6, 6.07) is 0. The molecular weight excluding hydrogens is 285 g/mol. The summed E-state index contributed by atoms with van der Waals surface area (Å²) in [6.07, 6.45) is 6.48. The number of nitrogens with one attached hydrogen (secondary N) is 1. The largest absolute Gasteiger partial charge is 0.469 e. The zero-order valence-electron chi connectivity index (χ0n) is 12.3. The Bertz CT molecular complexity index is 220. The molecular formula is C12H30NO6P. The number of phosphoric acid groups is 1. The third-order valence-corrected chi connectivity index (χ3v) is 2.85. The van der Waals surface area contributed by atoms with Gasteiger partial charge in [-0.2, -0.15) is 0 Å². The average Bonchev–Trinajstić information content (AvgIpc) is 2.38. The van der Waals surface area contributed by atoms with Crippen LogP contribution >= 0.6 is 7.82 Å². The summed E-state index contributed by atoms with van der Waals surface area (Å²) < 4.78 is 14.5. The fourth-order valence-electron chi connectivity index (χ4n) is 1.35. The summed E-state index contributed by atoms with van der Waals surface area (Å²) in [7, 11) is -4.23. The van der Waals surface area contributed by atoms with Gasteiger partial charge in [-0.1, -0.05) is 39.0 Å². The Morgan fingerprint density at radius 1 is 0.950 bits per heavy atom. The Balaban J connectivity index is 0. The molecule has 7 nitrogen and oxygen atoms in total. The van der Waals surface area contributed by atoms with Crippen LogP contribution in [0.4, 0.5) is 0 Å². The number of phosphoric ester groups is 1. The van der Waals surface area contributed by atoms with Crippen molar-refractivity contribution >= 4 is 7.82 Å². The molecule has 124 valence electrons. The van der Waals surface area contributed by atoms with E-state index >= 15 is 0 Å². The van der Waals surface area contributed by atoms with E-state index in [2.05, 4.69) is 16.8 Å². The molecule has 5 N–H and O–H groups in total. The second kappa shape index (κ2) is 17.0. The van der Waals surface area contributed by atoms with Gasteiger partial charge in [-0.3, -0.25) is 4.52 Å². The van der Waals surface area contributed by atoms with E-state index in [4.69, 9.17) is 20.0 Å². The van der Waals surface area contributed by atoms with E-state index < -0.39 is 7.82 Å². The molecule has 0 unspecified atom stereocenters. The molecule has 0 bridgehead atoms. The Hall–Kier alpha value is -0.0100. The van der Waals surface area contributed by atoms with Gasteiger partial charge < -0.3 is 25.3 Å². The van der Waals surface area contributed by atoms with E-state index in [0.717, 1.165) is 19.3 Å². The van der Waals surface area contributed by atoms with Crippen LogP contribution in [-0.4, -0.2) is 52.9 Å². The number of unbranched alkanes of at least 4 members (excludes halogenated alkanes) is 5. The average molecular weight is 315 g/mol. The van der Waals surface area contributed by atoms with Gasteiger partial charge in [-0.15, -0.1) is 0 Å². The normalized spacial score (nSPS) is 11.1. The summed E-state index contributed by atoms with van der Waals surface area (Å²) in [5.74, 6) is 0. The molecule has 0 saturated carbocycles. The molecule has 0 fully saturated rings. The molecule has 0 amide bonds. The van der Waals surface area contributed by atoms with Crippen LogP contribution in [0, 0.1) is 0 Å². The number of rotatable bonds is 12. The zero-order chi connectivity index (χ0) is 15.7. The van der Waals surface area contributed by atoms with Gasteiger partial charge in [0.25, 0.3) is 0 Å². The third kappa shape index (κ3) is 26.5. The second-order valence-corrected chi connectivity index (χ2v) is 5.53. The van der Waals surface area contributed by atoms with E-state index in [0.29, 0.717) is 13.1 Å². The molecule has 0 saturated heterocycles. The van der Waals surface area contributed by atoms with Crippen LogP contribution in [0.2, 0.25) is 0 Å². The molecule has 0 radical (unpaired) electrons. The van der Waals surface area contributed by atoms with Crippen molar-refractivity contribution in [3.63, 3.8) is 0 Å². The SMILES string of the molecule is CCCCCCCCOP(=O)(O)O.OCCNCCO. The Morgan fingerprint density at radius 2 is 1.45 bits per heavy atom. The number of aliphatic hydroxyl groups excluding tert-OH is 2. The van der Waals surface area contributed by atoms with Crippen molar-refractivity contribution in [1.29, 1.82) is 0 Å². The molecule has 0 rings (SSSR count). The highest BCUT2D eigenvalue weighted by atomic mass is 31.2. The Labute approximate surface area is 121 Å². The maximum Gasteiger partial charge on any atom is 0.469 e. The van der Waals surface area contributed by atoms with Gasteiger partial charge in [-0.05, 0) is 6.42 Å². The quantitative estimate of drug-likeness (QED) is 0.269. The first kappa shape index (κ1) is 22.3. The molecule has 0 atom stereocenters. The summed E-state index contributed by atoms with van der Waals surface area (Å²) in [5.41, 5.74) is 0. The Kier molecular flexibility index (Phi) is 19.0. The topological polar surface area (TPSA) is 119 Å². The lowest BCUT2D eigenvalue weighted by Gasteiger charge is -2.04. The van der Waals surface area contributed by atoms with E-state index in [1.165, 1.54) is 19.3 Å². The monoisotopic (exact) mass is 315 g/mol. The number of hydrogen-bond donors (Lipinski definition) is 5. The maximum absolute atomic E-state index is 10.2. The summed E-state index contributed by atoms with van der Waals surface area (Å²) in [6.45, 7) is 3.73. The molecule has 0 heterocycles. The third-order valence-electron chi connectivity index (χ3n) is 2.33. The summed E-state index contributed by atoms with van der Waals surface area (Å²) in [5, 5.41) is 19.1. The second-order valence-electron chi connectivity index (χ2n) is 4.29. The molecule has 0 aliphatic rings. The molecule has 0 spiro atoms. The van der Waals surface area contributed by atoms with Gasteiger partial charge in [0.05, 0.1) is 19.8 Å². The van der Waals surface area contributed by atoms with E-state index in [1.54, 1.807) is 0 Å². The Morgan fingerprint density at radius 3 is 1.90 bits per heavy atom. The standard InChI is InChI=1S/C8H19O4P.C4H11NO2/c1-2-3-4-5-6-7-8-12-13(9,10)11;6-3-1-5-2-4-7/h2-8H2,1H3,(H2,9,10,11);5-7H,1-4H2.